The van der Waals surface area contributed by atoms with E-state index in [4.69, 9.17) is 4.74 Å². The van der Waals surface area contributed by atoms with E-state index in [0.717, 1.165) is 12.8 Å². The Hall–Kier alpha value is -2.28. The van der Waals surface area contributed by atoms with Crippen LogP contribution < -0.4 is 5.32 Å². The van der Waals surface area contributed by atoms with E-state index in [0.29, 0.717) is 11.5 Å². The number of pyridine rings is 1. The van der Waals surface area contributed by atoms with Crippen LogP contribution in [0, 0.1) is 0 Å². The van der Waals surface area contributed by atoms with Gasteiger partial charge in [0.25, 0.3) is 0 Å². The van der Waals surface area contributed by atoms with E-state index in [2.05, 4.69) is 20.4 Å². The van der Waals surface area contributed by atoms with Crippen molar-refractivity contribution in [2.45, 2.75) is 38.2 Å². The normalized spacial score (nSPS) is 15.6. The number of nitrogens with zero attached hydrogens (tertiary/aromatic N) is 4. The molecule has 0 spiro atoms. The SMILES string of the molecule is O=C(COC1CCCCC1)Nc1ccc(-n2cncn2)nc1. The van der Waals surface area contributed by atoms with Gasteiger partial charge in [-0.1, -0.05) is 19.3 Å². The van der Waals surface area contributed by atoms with Crippen molar-refractivity contribution in [3.05, 3.63) is 31.0 Å². The minimum Gasteiger partial charge on any atom is -0.368 e. The molecule has 0 saturated heterocycles. The second-order valence-corrected chi connectivity index (χ2v) is 5.36. The average Bonchev–Trinajstić information content (AvgIpc) is 3.09. The highest BCUT2D eigenvalue weighted by Gasteiger charge is 2.15. The van der Waals surface area contributed by atoms with Crippen molar-refractivity contribution in [1.82, 2.24) is 19.7 Å². The van der Waals surface area contributed by atoms with Gasteiger partial charge in [0.15, 0.2) is 5.82 Å². The van der Waals surface area contributed by atoms with E-state index in [1.165, 1.54) is 25.6 Å². The molecule has 0 aliphatic heterocycles. The lowest BCUT2D eigenvalue weighted by atomic mass is 9.98. The van der Waals surface area contributed by atoms with Crippen LogP contribution in [0.2, 0.25) is 0 Å². The van der Waals surface area contributed by atoms with Crippen molar-refractivity contribution in [2.24, 2.45) is 0 Å². The van der Waals surface area contributed by atoms with E-state index in [9.17, 15) is 4.79 Å². The summed E-state index contributed by atoms with van der Waals surface area (Å²) in [6, 6.07) is 3.55. The number of aromatic nitrogens is 4. The molecule has 3 rings (SSSR count). The van der Waals surface area contributed by atoms with Crippen molar-refractivity contribution < 1.29 is 9.53 Å². The molecule has 0 aromatic carbocycles. The highest BCUT2D eigenvalue weighted by atomic mass is 16.5. The zero-order chi connectivity index (χ0) is 15.2. The fourth-order valence-corrected chi connectivity index (χ4v) is 2.54. The number of rotatable bonds is 5. The molecule has 1 amide bonds. The standard InChI is InChI=1S/C15H19N5O2/c21-15(9-22-13-4-2-1-3-5-13)19-12-6-7-14(17-8-12)20-11-16-10-18-20/h6-8,10-11,13H,1-5,9H2,(H,19,21). The number of carbonyl (C=O) groups excluding carboxylic acids is 1. The number of anilines is 1. The van der Waals surface area contributed by atoms with E-state index in [1.54, 1.807) is 29.3 Å². The molecular formula is C15H19N5O2. The van der Waals surface area contributed by atoms with Crippen molar-refractivity contribution in [3.63, 3.8) is 0 Å². The number of nitrogens with one attached hydrogen (secondary N) is 1. The molecule has 1 N–H and O–H groups in total. The minimum atomic E-state index is -0.152. The summed E-state index contributed by atoms with van der Waals surface area (Å²) in [5.74, 6) is 0.495. The summed E-state index contributed by atoms with van der Waals surface area (Å²) in [5.41, 5.74) is 0.640. The molecule has 1 saturated carbocycles. The van der Waals surface area contributed by atoms with Crippen LogP contribution in [-0.2, 0) is 9.53 Å². The van der Waals surface area contributed by atoms with Crippen LogP contribution in [0.1, 0.15) is 32.1 Å². The summed E-state index contributed by atoms with van der Waals surface area (Å²) >= 11 is 0. The second-order valence-electron chi connectivity index (χ2n) is 5.36. The van der Waals surface area contributed by atoms with Gasteiger partial charge in [0, 0.05) is 0 Å². The first-order valence-electron chi connectivity index (χ1n) is 7.54. The Morgan fingerprint density at radius 2 is 2.18 bits per heavy atom. The molecule has 7 heteroatoms. The van der Waals surface area contributed by atoms with Crippen LogP contribution >= 0.6 is 0 Å². The Bertz CT molecular complexity index is 591. The molecular weight excluding hydrogens is 282 g/mol. The molecule has 1 aliphatic rings. The zero-order valence-electron chi connectivity index (χ0n) is 12.3. The molecule has 2 aromatic heterocycles. The van der Waals surface area contributed by atoms with Crippen molar-refractivity contribution in [1.29, 1.82) is 0 Å². The summed E-state index contributed by atoms with van der Waals surface area (Å²) < 4.78 is 7.20. The first-order chi connectivity index (χ1) is 10.8. The lowest BCUT2D eigenvalue weighted by Crippen LogP contribution is -2.24. The van der Waals surface area contributed by atoms with E-state index >= 15 is 0 Å². The smallest absolute Gasteiger partial charge is 0.250 e. The third kappa shape index (κ3) is 3.88. The lowest BCUT2D eigenvalue weighted by Gasteiger charge is -2.21. The summed E-state index contributed by atoms with van der Waals surface area (Å²) in [7, 11) is 0. The third-order valence-electron chi connectivity index (χ3n) is 3.69. The van der Waals surface area contributed by atoms with Gasteiger partial charge in [0.05, 0.1) is 18.0 Å². The Labute approximate surface area is 128 Å². The average molecular weight is 301 g/mol. The number of hydrogen-bond acceptors (Lipinski definition) is 5. The molecule has 116 valence electrons. The van der Waals surface area contributed by atoms with Gasteiger partial charge in [0.2, 0.25) is 5.91 Å². The molecule has 0 radical (unpaired) electrons. The Morgan fingerprint density at radius 3 is 2.86 bits per heavy atom. The highest BCUT2D eigenvalue weighted by molar-refractivity contribution is 5.91. The highest BCUT2D eigenvalue weighted by Crippen LogP contribution is 2.20. The van der Waals surface area contributed by atoms with Gasteiger partial charge in [-0.25, -0.2) is 14.6 Å². The maximum absolute atomic E-state index is 11.9. The fourth-order valence-electron chi connectivity index (χ4n) is 2.54. The van der Waals surface area contributed by atoms with Gasteiger partial charge in [-0.2, -0.15) is 5.10 Å². The van der Waals surface area contributed by atoms with E-state index < -0.39 is 0 Å². The predicted molar refractivity (Wildman–Crippen MR) is 80.6 cm³/mol. The molecule has 1 fully saturated rings. The number of hydrogen-bond donors (Lipinski definition) is 1. The Balaban J connectivity index is 1.48. The molecule has 1 aliphatic carbocycles. The number of carbonyl (C=O) groups is 1. The topological polar surface area (TPSA) is 81.9 Å². The van der Waals surface area contributed by atoms with Gasteiger partial charge in [-0.05, 0) is 25.0 Å². The number of amides is 1. The summed E-state index contributed by atoms with van der Waals surface area (Å²) in [5, 5.41) is 6.78. The maximum Gasteiger partial charge on any atom is 0.250 e. The summed E-state index contributed by atoms with van der Waals surface area (Å²) in [6.07, 6.45) is 10.6. The monoisotopic (exact) mass is 301 g/mol. The molecule has 0 bridgehead atoms. The van der Waals surface area contributed by atoms with Gasteiger partial charge in [-0.15, -0.1) is 0 Å². The van der Waals surface area contributed by atoms with Crippen LogP contribution in [0.5, 0.6) is 0 Å². The van der Waals surface area contributed by atoms with Crippen LogP contribution in [0.4, 0.5) is 5.69 Å². The Morgan fingerprint density at radius 1 is 1.32 bits per heavy atom. The van der Waals surface area contributed by atoms with Crippen LogP contribution in [0.25, 0.3) is 5.82 Å². The third-order valence-corrected chi connectivity index (χ3v) is 3.69. The summed E-state index contributed by atoms with van der Waals surface area (Å²) in [6.45, 7) is 0.0928. The molecule has 0 unspecified atom stereocenters. The quantitative estimate of drug-likeness (QED) is 0.912. The van der Waals surface area contributed by atoms with Gasteiger partial charge < -0.3 is 10.1 Å². The van der Waals surface area contributed by atoms with E-state index in [-0.39, 0.29) is 18.6 Å². The van der Waals surface area contributed by atoms with E-state index in [1.807, 2.05) is 0 Å². The van der Waals surface area contributed by atoms with Crippen molar-refractivity contribution >= 4 is 11.6 Å². The first kappa shape index (κ1) is 14.6. The summed E-state index contributed by atoms with van der Waals surface area (Å²) in [4.78, 5) is 20.0. The van der Waals surface area contributed by atoms with Crippen LogP contribution in [0.3, 0.4) is 0 Å². The van der Waals surface area contributed by atoms with Crippen LogP contribution in [-0.4, -0.2) is 38.4 Å². The largest absolute Gasteiger partial charge is 0.368 e. The van der Waals surface area contributed by atoms with Gasteiger partial charge in [0.1, 0.15) is 19.3 Å². The molecule has 0 atom stereocenters. The maximum atomic E-state index is 11.9. The van der Waals surface area contributed by atoms with Crippen molar-refractivity contribution in [3.8, 4) is 5.82 Å². The second kappa shape index (κ2) is 7.13. The first-order valence-corrected chi connectivity index (χ1v) is 7.54. The molecule has 2 heterocycles. The molecule has 2 aromatic rings. The molecule has 7 nitrogen and oxygen atoms in total. The van der Waals surface area contributed by atoms with Crippen molar-refractivity contribution in [2.75, 3.05) is 11.9 Å². The predicted octanol–water partition coefficient (Wildman–Crippen LogP) is 1.95. The lowest BCUT2D eigenvalue weighted by molar-refractivity contribution is -0.123. The number of ether oxygens (including phenoxy) is 1. The van der Waals surface area contributed by atoms with Crippen LogP contribution in [0.15, 0.2) is 31.0 Å². The minimum absolute atomic E-state index is 0.0928. The van der Waals surface area contributed by atoms with Gasteiger partial charge in [-0.3, -0.25) is 4.79 Å². The van der Waals surface area contributed by atoms with Gasteiger partial charge >= 0.3 is 0 Å². The fraction of sp³-hybridized carbons (Fsp3) is 0.467. The Kier molecular flexibility index (Phi) is 4.75. The zero-order valence-corrected chi connectivity index (χ0v) is 12.3. The molecule has 22 heavy (non-hydrogen) atoms.